The van der Waals surface area contributed by atoms with Crippen LogP contribution >= 0.6 is 11.8 Å². The molecule has 0 radical (unpaired) electrons. The Morgan fingerprint density at radius 2 is 1.91 bits per heavy atom. The first-order valence-electron chi connectivity index (χ1n) is 7.26. The number of nitrogens with zero attached hydrogens (tertiary/aromatic N) is 2. The molecule has 0 aliphatic carbocycles. The molecule has 22 heavy (non-hydrogen) atoms. The van der Waals surface area contributed by atoms with E-state index in [9.17, 15) is 9.59 Å². The second-order valence-corrected chi connectivity index (χ2v) is 7.03. The lowest BCUT2D eigenvalue weighted by atomic mass is 9.95. The Labute approximate surface area is 135 Å². The Bertz CT molecular complexity index is 601. The first-order chi connectivity index (χ1) is 10.3. The van der Waals surface area contributed by atoms with Crippen molar-refractivity contribution in [2.75, 3.05) is 0 Å². The quantitative estimate of drug-likeness (QED) is 0.932. The minimum absolute atomic E-state index is 0.141. The SMILES string of the molecule is CC(=O)NC1=NN(C(C)=O)C(CC(C)C)(c2ccccc2)S1. The molecule has 0 saturated heterocycles. The Morgan fingerprint density at radius 1 is 1.27 bits per heavy atom. The largest absolute Gasteiger partial charge is 0.304 e. The van der Waals surface area contributed by atoms with Crippen molar-refractivity contribution >= 4 is 28.7 Å². The summed E-state index contributed by atoms with van der Waals surface area (Å²) >= 11 is 1.43. The predicted octanol–water partition coefficient (Wildman–Crippen LogP) is 2.89. The number of amidine groups is 1. The highest BCUT2D eigenvalue weighted by Crippen LogP contribution is 2.49. The minimum atomic E-state index is -0.612. The Hall–Kier alpha value is -1.82. The third-order valence-electron chi connectivity index (χ3n) is 3.29. The summed E-state index contributed by atoms with van der Waals surface area (Å²) < 4.78 is 0. The first kappa shape index (κ1) is 16.5. The van der Waals surface area contributed by atoms with Gasteiger partial charge in [0.15, 0.2) is 5.17 Å². The van der Waals surface area contributed by atoms with Gasteiger partial charge in [0.05, 0.1) is 0 Å². The third-order valence-corrected chi connectivity index (χ3v) is 4.58. The van der Waals surface area contributed by atoms with Gasteiger partial charge < -0.3 is 5.32 Å². The summed E-state index contributed by atoms with van der Waals surface area (Å²) in [6.45, 7) is 7.16. The van der Waals surface area contributed by atoms with Crippen molar-refractivity contribution in [1.82, 2.24) is 10.3 Å². The van der Waals surface area contributed by atoms with Crippen LogP contribution in [0, 0.1) is 5.92 Å². The van der Waals surface area contributed by atoms with Crippen molar-refractivity contribution in [3.63, 3.8) is 0 Å². The third kappa shape index (κ3) is 3.32. The van der Waals surface area contributed by atoms with Crippen molar-refractivity contribution in [1.29, 1.82) is 0 Å². The van der Waals surface area contributed by atoms with Crippen LogP contribution in [0.2, 0.25) is 0 Å². The van der Waals surface area contributed by atoms with Crippen LogP contribution in [0.25, 0.3) is 0 Å². The van der Waals surface area contributed by atoms with E-state index in [1.807, 2.05) is 30.3 Å². The fraction of sp³-hybridized carbons (Fsp3) is 0.438. The van der Waals surface area contributed by atoms with Crippen LogP contribution in [0.4, 0.5) is 0 Å². The summed E-state index contributed by atoms with van der Waals surface area (Å²) in [4.78, 5) is 22.9. The van der Waals surface area contributed by atoms with E-state index in [1.165, 1.54) is 30.6 Å². The van der Waals surface area contributed by atoms with Gasteiger partial charge in [0.2, 0.25) is 11.8 Å². The van der Waals surface area contributed by atoms with E-state index in [-0.39, 0.29) is 11.8 Å². The van der Waals surface area contributed by atoms with E-state index in [1.54, 1.807) is 0 Å². The molecule has 118 valence electrons. The zero-order chi connectivity index (χ0) is 16.3. The van der Waals surface area contributed by atoms with E-state index in [2.05, 4.69) is 24.3 Å². The van der Waals surface area contributed by atoms with E-state index in [0.29, 0.717) is 11.1 Å². The average molecular weight is 319 g/mol. The van der Waals surface area contributed by atoms with Crippen molar-refractivity contribution < 1.29 is 9.59 Å². The van der Waals surface area contributed by atoms with Gasteiger partial charge in [-0.05, 0) is 17.9 Å². The van der Waals surface area contributed by atoms with Crippen molar-refractivity contribution in [3.05, 3.63) is 35.9 Å². The minimum Gasteiger partial charge on any atom is -0.304 e. The zero-order valence-electron chi connectivity index (χ0n) is 13.3. The molecule has 1 heterocycles. The number of amides is 2. The molecule has 1 aromatic carbocycles. The molecule has 1 N–H and O–H groups in total. The van der Waals surface area contributed by atoms with Crippen LogP contribution in [0.5, 0.6) is 0 Å². The highest BCUT2D eigenvalue weighted by molar-refractivity contribution is 8.14. The maximum Gasteiger partial charge on any atom is 0.241 e. The molecule has 1 aliphatic heterocycles. The normalized spacial score (nSPS) is 21.0. The number of hydrazone groups is 1. The number of nitrogens with one attached hydrogen (secondary N) is 1. The predicted molar refractivity (Wildman–Crippen MR) is 88.9 cm³/mol. The Balaban J connectivity index is 2.48. The van der Waals surface area contributed by atoms with Gasteiger partial charge in [-0.15, -0.1) is 5.10 Å². The van der Waals surface area contributed by atoms with E-state index in [0.717, 1.165) is 12.0 Å². The van der Waals surface area contributed by atoms with Crippen LogP contribution in [0.15, 0.2) is 35.4 Å². The summed E-state index contributed by atoms with van der Waals surface area (Å²) in [5.41, 5.74) is 1.01. The topological polar surface area (TPSA) is 61.8 Å². The first-order valence-corrected chi connectivity index (χ1v) is 8.08. The fourth-order valence-electron chi connectivity index (χ4n) is 2.60. The number of benzene rings is 1. The summed E-state index contributed by atoms with van der Waals surface area (Å²) in [5, 5.41) is 9.01. The summed E-state index contributed by atoms with van der Waals surface area (Å²) in [6.07, 6.45) is 0.744. The van der Waals surface area contributed by atoms with Gasteiger partial charge in [-0.2, -0.15) is 0 Å². The van der Waals surface area contributed by atoms with Gasteiger partial charge in [-0.3, -0.25) is 9.59 Å². The molecule has 1 aliphatic rings. The summed E-state index contributed by atoms with van der Waals surface area (Å²) in [5.74, 6) is 0.0296. The smallest absolute Gasteiger partial charge is 0.241 e. The number of carbonyl (C=O) groups is 2. The van der Waals surface area contributed by atoms with Gasteiger partial charge in [-0.1, -0.05) is 55.9 Å². The lowest BCUT2D eigenvalue weighted by Crippen LogP contribution is -2.41. The van der Waals surface area contributed by atoms with Crippen molar-refractivity contribution in [2.24, 2.45) is 11.0 Å². The van der Waals surface area contributed by atoms with Crippen LogP contribution in [0.3, 0.4) is 0 Å². The second kappa shape index (κ2) is 6.52. The Kier molecular flexibility index (Phi) is 4.90. The van der Waals surface area contributed by atoms with Gasteiger partial charge >= 0.3 is 0 Å². The van der Waals surface area contributed by atoms with Gasteiger partial charge in [0.1, 0.15) is 4.87 Å². The summed E-state index contributed by atoms with van der Waals surface area (Å²) in [6, 6.07) is 9.84. The molecule has 2 amide bonds. The molecule has 1 aromatic rings. The number of thioether (sulfide) groups is 1. The number of carbonyl (C=O) groups excluding carboxylic acids is 2. The van der Waals surface area contributed by atoms with Crippen LogP contribution < -0.4 is 5.32 Å². The van der Waals surface area contributed by atoms with Crippen LogP contribution in [0.1, 0.15) is 39.7 Å². The van der Waals surface area contributed by atoms with E-state index >= 15 is 0 Å². The van der Waals surface area contributed by atoms with Gasteiger partial charge in [0, 0.05) is 13.8 Å². The zero-order valence-corrected chi connectivity index (χ0v) is 14.1. The number of hydrogen-bond acceptors (Lipinski definition) is 4. The molecule has 1 atom stereocenters. The molecule has 0 fully saturated rings. The van der Waals surface area contributed by atoms with Crippen LogP contribution in [-0.4, -0.2) is 22.0 Å². The lowest BCUT2D eigenvalue weighted by Gasteiger charge is -2.36. The van der Waals surface area contributed by atoms with Gasteiger partial charge in [0.25, 0.3) is 0 Å². The van der Waals surface area contributed by atoms with E-state index < -0.39 is 4.87 Å². The Morgan fingerprint density at radius 3 is 2.41 bits per heavy atom. The number of rotatable bonds is 3. The number of hydrogen-bond donors (Lipinski definition) is 1. The van der Waals surface area contributed by atoms with Crippen molar-refractivity contribution in [2.45, 2.75) is 39.0 Å². The maximum absolute atomic E-state index is 12.1. The molecule has 0 bridgehead atoms. The van der Waals surface area contributed by atoms with Crippen LogP contribution in [-0.2, 0) is 14.5 Å². The molecule has 2 rings (SSSR count). The standard InChI is InChI=1S/C16H21N3O2S/c1-11(2)10-16(14-8-6-5-7-9-14)19(13(4)21)18-15(22-16)17-12(3)20/h5-9,11H,10H2,1-4H3,(H,17,18,20). The monoisotopic (exact) mass is 319 g/mol. The summed E-state index contributed by atoms with van der Waals surface area (Å²) in [7, 11) is 0. The molecule has 0 spiro atoms. The molecule has 5 nitrogen and oxygen atoms in total. The maximum atomic E-state index is 12.1. The highest BCUT2D eigenvalue weighted by Gasteiger charge is 2.47. The molecule has 1 unspecified atom stereocenters. The van der Waals surface area contributed by atoms with Crippen molar-refractivity contribution in [3.8, 4) is 0 Å². The highest BCUT2D eigenvalue weighted by atomic mass is 32.2. The molecule has 0 saturated carbocycles. The second-order valence-electron chi connectivity index (χ2n) is 5.77. The average Bonchev–Trinajstić information content (AvgIpc) is 2.78. The van der Waals surface area contributed by atoms with Gasteiger partial charge in [-0.25, -0.2) is 5.01 Å². The fourth-order valence-corrected chi connectivity index (χ4v) is 4.16. The molecule has 6 heteroatoms. The molecular weight excluding hydrogens is 298 g/mol. The molecular formula is C16H21N3O2S. The lowest BCUT2D eigenvalue weighted by molar-refractivity contribution is -0.132. The van der Waals surface area contributed by atoms with E-state index in [4.69, 9.17) is 0 Å². The molecule has 0 aromatic heterocycles.